The third-order valence-electron chi connectivity index (χ3n) is 2.95. The van der Waals surface area contributed by atoms with E-state index in [-0.39, 0.29) is 41.2 Å². The predicted octanol–water partition coefficient (Wildman–Crippen LogP) is -0.190. The van der Waals surface area contributed by atoms with Crippen molar-refractivity contribution in [1.29, 1.82) is 0 Å². The predicted molar refractivity (Wildman–Crippen MR) is 82.0 cm³/mol. The number of thiophene rings is 1. The van der Waals surface area contributed by atoms with Crippen LogP contribution in [-0.4, -0.2) is 39.6 Å². The zero-order chi connectivity index (χ0) is 14.8. The monoisotopic (exact) mass is 355 g/mol. The van der Waals surface area contributed by atoms with Gasteiger partial charge in [-0.25, -0.2) is 13.6 Å². The molecule has 1 aliphatic heterocycles. The maximum Gasteiger partial charge on any atom is 0.247 e. The number of hydrogen-bond acceptors (Lipinski definition) is 6. The Morgan fingerprint density at radius 3 is 2.86 bits per heavy atom. The molecule has 10 heteroatoms. The van der Waals surface area contributed by atoms with E-state index < -0.39 is 10.0 Å². The van der Waals surface area contributed by atoms with Gasteiger partial charge in [0, 0.05) is 11.4 Å². The largest absolute Gasteiger partial charge is 0.375 e. The standard InChI is InChI=1S/C11H17N3O4S2.ClH/c1-7-10(13-4-5-18-7)11(15)14-6-8-2-3-9(19-8)20(12,16)17;/h2-3,7,10,13H,4-6H2,1H3,(H,14,15)(H2,12,16,17);1H/t7-,10+;/m1./s1. The lowest BCUT2D eigenvalue weighted by molar-refractivity contribution is -0.129. The molecule has 4 N–H and O–H groups in total. The Kier molecular flexibility index (Phi) is 6.57. The van der Waals surface area contributed by atoms with Crippen LogP contribution in [0.1, 0.15) is 11.8 Å². The minimum atomic E-state index is -3.68. The summed E-state index contributed by atoms with van der Waals surface area (Å²) in [5.41, 5.74) is 0. The van der Waals surface area contributed by atoms with E-state index in [9.17, 15) is 13.2 Å². The maximum absolute atomic E-state index is 12.0. The molecule has 0 spiro atoms. The van der Waals surface area contributed by atoms with E-state index in [1.165, 1.54) is 6.07 Å². The molecule has 0 bridgehead atoms. The fourth-order valence-electron chi connectivity index (χ4n) is 1.92. The molecule has 21 heavy (non-hydrogen) atoms. The van der Waals surface area contributed by atoms with Crippen LogP contribution in [-0.2, 0) is 26.1 Å². The highest BCUT2D eigenvalue weighted by Gasteiger charge is 2.28. The van der Waals surface area contributed by atoms with Gasteiger partial charge in [0.2, 0.25) is 15.9 Å². The molecule has 1 fully saturated rings. The lowest BCUT2D eigenvalue weighted by Gasteiger charge is -2.29. The van der Waals surface area contributed by atoms with Crippen LogP contribution in [0, 0.1) is 0 Å². The van der Waals surface area contributed by atoms with E-state index in [2.05, 4.69) is 10.6 Å². The van der Waals surface area contributed by atoms with Crippen LogP contribution >= 0.6 is 23.7 Å². The van der Waals surface area contributed by atoms with Crippen molar-refractivity contribution in [2.24, 2.45) is 5.14 Å². The summed E-state index contributed by atoms with van der Waals surface area (Å²) < 4.78 is 27.8. The van der Waals surface area contributed by atoms with Crippen molar-refractivity contribution in [3.05, 3.63) is 17.0 Å². The number of hydrogen-bond donors (Lipinski definition) is 3. The van der Waals surface area contributed by atoms with Gasteiger partial charge in [0.1, 0.15) is 10.3 Å². The summed E-state index contributed by atoms with van der Waals surface area (Å²) in [5.74, 6) is -0.164. The van der Waals surface area contributed by atoms with Gasteiger partial charge in [0.25, 0.3) is 0 Å². The average molecular weight is 356 g/mol. The van der Waals surface area contributed by atoms with Crippen LogP contribution in [0.25, 0.3) is 0 Å². The van der Waals surface area contributed by atoms with Crippen molar-refractivity contribution in [3.8, 4) is 0 Å². The third-order valence-corrected chi connectivity index (χ3v) is 5.48. The van der Waals surface area contributed by atoms with Crippen molar-refractivity contribution in [1.82, 2.24) is 10.6 Å². The SMILES string of the molecule is C[C@H]1OCCN[C@@H]1C(=O)NCc1ccc(S(N)(=O)=O)s1.Cl. The topological polar surface area (TPSA) is 111 Å². The number of carbonyl (C=O) groups excluding carboxylic acids is 1. The molecule has 0 saturated carbocycles. The second-order valence-corrected chi connectivity index (χ2v) is 7.45. The van der Waals surface area contributed by atoms with Crippen molar-refractivity contribution in [2.75, 3.05) is 13.2 Å². The molecule has 1 amide bonds. The van der Waals surface area contributed by atoms with E-state index in [1.54, 1.807) is 6.07 Å². The second-order valence-electron chi connectivity index (χ2n) is 4.49. The van der Waals surface area contributed by atoms with Gasteiger partial charge < -0.3 is 15.4 Å². The Morgan fingerprint density at radius 2 is 2.29 bits per heavy atom. The lowest BCUT2D eigenvalue weighted by atomic mass is 10.1. The zero-order valence-electron chi connectivity index (χ0n) is 11.4. The van der Waals surface area contributed by atoms with Gasteiger partial charge in [-0.3, -0.25) is 4.79 Å². The summed E-state index contributed by atoms with van der Waals surface area (Å²) in [6, 6.07) is 2.69. The first-order chi connectivity index (χ1) is 9.38. The van der Waals surface area contributed by atoms with E-state index >= 15 is 0 Å². The zero-order valence-corrected chi connectivity index (χ0v) is 13.8. The Hall–Kier alpha value is -0.710. The minimum Gasteiger partial charge on any atom is -0.375 e. The van der Waals surface area contributed by atoms with Crippen LogP contribution in [0.2, 0.25) is 0 Å². The number of rotatable bonds is 4. The number of ether oxygens (including phenoxy) is 1. The first-order valence-electron chi connectivity index (χ1n) is 6.12. The van der Waals surface area contributed by atoms with Gasteiger partial charge in [0.15, 0.2) is 0 Å². The Bertz CT molecular complexity index is 590. The molecule has 1 saturated heterocycles. The summed E-state index contributed by atoms with van der Waals surface area (Å²) in [5, 5.41) is 10.9. The van der Waals surface area contributed by atoms with Gasteiger partial charge in [-0.15, -0.1) is 23.7 Å². The molecule has 2 rings (SSSR count). The number of nitrogens with one attached hydrogen (secondary N) is 2. The van der Waals surface area contributed by atoms with Crippen molar-refractivity contribution >= 4 is 39.7 Å². The third kappa shape index (κ3) is 4.90. The number of halogens is 1. The molecule has 1 aliphatic rings. The number of carbonyl (C=O) groups is 1. The Morgan fingerprint density at radius 1 is 1.57 bits per heavy atom. The van der Waals surface area contributed by atoms with Crippen LogP contribution in [0.4, 0.5) is 0 Å². The number of sulfonamides is 1. The number of primary sulfonamides is 1. The molecular formula is C11H18ClN3O4S2. The average Bonchev–Trinajstić information content (AvgIpc) is 2.85. The molecule has 0 radical (unpaired) electrons. The van der Waals surface area contributed by atoms with E-state index in [1.807, 2.05) is 6.92 Å². The highest BCUT2D eigenvalue weighted by atomic mass is 35.5. The van der Waals surface area contributed by atoms with E-state index in [0.717, 1.165) is 16.2 Å². The quantitative estimate of drug-likeness (QED) is 0.693. The molecule has 2 heterocycles. The van der Waals surface area contributed by atoms with Gasteiger partial charge in [0.05, 0.1) is 19.3 Å². The van der Waals surface area contributed by atoms with Crippen LogP contribution in [0.15, 0.2) is 16.3 Å². The number of amides is 1. The summed E-state index contributed by atoms with van der Waals surface area (Å²) in [7, 11) is -3.68. The maximum atomic E-state index is 12.0. The van der Waals surface area contributed by atoms with E-state index in [0.29, 0.717) is 13.2 Å². The van der Waals surface area contributed by atoms with Crippen LogP contribution in [0.3, 0.4) is 0 Å². The molecule has 7 nitrogen and oxygen atoms in total. The first-order valence-corrected chi connectivity index (χ1v) is 8.48. The fourth-order valence-corrected chi connectivity index (χ4v) is 3.64. The highest BCUT2D eigenvalue weighted by molar-refractivity contribution is 7.91. The number of nitrogens with two attached hydrogens (primary N) is 1. The molecule has 1 aromatic rings. The highest BCUT2D eigenvalue weighted by Crippen LogP contribution is 2.20. The molecule has 0 aromatic carbocycles. The Balaban J connectivity index is 0.00000220. The molecule has 1 aromatic heterocycles. The van der Waals surface area contributed by atoms with Gasteiger partial charge in [-0.05, 0) is 19.1 Å². The first kappa shape index (κ1) is 18.3. The van der Waals surface area contributed by atoms with Crippen molar-refractivity contribution < 1.29 is 17.9 Å². The molecule has 0 unspecified atom stereocenters. The van der Waals surface area contributed by atoms with Crippen molar-refractivity contribution in [2.45, 2.75) is 29.8 Å². The molecular weight excluding hydrogens is 338 g/mol. The smallest absolute Gasteiger partial charge is 0.247 e. The summed E-state index contributed by atoms with van der Waals surface area (Å²) >= 11 is 1.05. The molecule has 2 atom stereocenters. The fraction of sp³-hybridized carbons (Fsp3) is 0.545. The van der Waals surface area contributed by atoms with E-state index in [4.69, 9.17) is 9.88 Å². The summed E-state index contributed by atoms with van der Waals surface area (Å²) in [6.07, 6.45) is -0.188. The normalized spacial score (nSPS) is 22.4. The number of morpholine rings is 1. The Labute approximate surface area is 133 Å². The van der Waals surface area contributed by atoms with Gasteiger partial charge in [-0.2, -0.15) is 0 Å². The molecule has 120 valence electrons. The van der Waals surface area contributed by atoms with Crippen LogP contribution in [0.5, 0.6) is 0 Å². The van der Waals surface area contributed by atoms with Gasteiger partial charge in [-0.1, -0.05) is 0 Å². The molecule has 0 aliphatic carbocycles. The summed E-state index contributed by atoms with van der Waals surface area (Å²) in [4.78, 5) is 12.7. The van der Waals surface area contributed by atoms with Crippen LogP contribution < -0.4 is 15.8 Å². The minimum absolute atomic E-state index is 0. The summed E-state index contributed by atoms with van der Waals surface area (Å²) in [6.45, 7) is 3.33. The van der Waals surface area contributed by atoms with Crippen molar-refractivity contribution in [3.63, 3.8) is 0 Å². The second kappa shape index (κ2) is 7.52. The lowest BCUT2D eigenvalue weighted by Crippen LogP contribution is -2.55. The van der Waals surface area contributed by atoms with Gasteiger partial charge >= 0.3 is 0 Å².